The van der Waals surface area contributed by atoms with Crippen molar-refractivity contribution in [1.29, 1.82) is 0 Å². The lowest BCUT2D eigenvalue weighted by Crippen LogP contribution is -2.24. The second kappa shape index (κ2) is 9.49. The van der Waals surface area contributed by atoms with Gasteiger partial charge < -0.3 is 9.13 Å². The van der Waals surface area contributed by atoms with Crippen LogP contribution in [-0.2, 0) is 26.4 Å². The summed E-state index contributed by atoms with van der Waals surface area (Å²) in [5, 5.41) is 16.7. The van der Waals surface area contributed by atoms with Gasteiger partial charge in [-0.05, 0) is 82.8 Å². The monoisotopic (exact) mass is 532 g/mol. The zero-order chi connectivity index (χ0) is 25.5. The van der Waals surface area contributed by atoms with E-state index in [1.54, 1.807) is 12.1 Å². The zero-order valence-corrected chi connectivity index (χ0v) is 21.4. The van der Waals surface area contributed by atoms with Crippen LogP contribution in [0.25, 0.3) is 11.0 Å². The number of aromatic nitrogens is 6. The molecule has 0 radical (unpaired) electrons. The number of imidazole rings is 1. The fraction of sp³-hybridized carbons (Fsp3) is 0.192. The lowest BCUT2D eigenvalue weighted by Gasteiger charge is -2.08. The fourth-order valence-corrected chi connectivity index (χ4v) is 5.09. The van der Waals surface area contributed by atoms with E-state index in [0.29, 0.717) is 22.2 Å². The van der Waals surface area contributed by atoms with Crippen molar-refractivity contribution >= 4 is 51.8 Å². The Morgan fingerprint density at radius 3 is 2.54 bits per heavy atom. The van der Waals surface area contributed by atoms with E-state index >= 15 is 0 Å². The first kappa shape index (κ1) is 23.4. The molecule has 0 fully saturated rings. The van der Waals surface area contributed by atoms with Crippen LogP contribution in [0.5, 0.6) is 0 Å². The van der Waals surface area contributed by atoms with Crippen LogP contribution in [0.4, 0.5) is 11.6 Å². The van der Waals surface area contributed by atoms with Crippen molar-refractivity contribution in [3.8, 4) is 0 Å². The minimum Gasteiger partial charge on any atom is -0.313 e. The number of halogens is 2. The first-order valence-electron chi connectivity index (χ1n) is 11.8. The molecule has 2 aromatic heterocycles. The Morgan fingerprint density at radius 1 is 1.03 bits per heavy atom. The van der Waals surface area contributed by atoms with Crippen LogP contribution < -0.4 is 10.9 Å². The number of aryl methyl sites for hydroxylation is 3. The highest BCUT2D eigenvalue weighted by atomic mass is 35.5. The molecular weight excluding hydrogens is 511 g/mol. The van der Waals surface area contributed by atoms with Crippen LogP contribution in [-0.4, -0.2) is 35.7 Å². The Balaban J connectivity index is 1.40. The van der Waals surface area contributed by atoms with E-state index in [1.807, 2.05) is 35.9 Å². The maximum absolute atomic E-state index is 12.5. The molecule has 186 valence electrons. The van der Waals surface area contributed by atoms with Gasteiger partial charge in [0, 0.05) is 12.6 Å². The van der Waals surface area contributed by atoms with Crippen molar-refractivity contribution in [3.05, 3.63) is 92.5 Å². The van der Waals surface area contributed by atoms with E-state index in [4.69, 9.17) is 28.2 Å². The molecule has 1 amide bonds. The van der Waals surface area contributed by atoms with Crippen LogP contribution >= 0.6 is 23.2 Å². The Bertz CT molecular complexity index is 1700. The average Bonchev–Trinajstić information content (AvgIpc) is 3.63. The third-order valence-corrected chi connectivity index (χ3v) is 7.38. The molecule has 1 aliphatic carbocycles. The number of nitrogens with zero attached hydrogens (tertiary/aromatic N) is 6. The molecule has 2 N–H and O–H groups in total. The molecule has 0 atom stereocenters. The minimum atomic E-state index is -0.309. The summed E-state index contributed by atoms with van der Waals surface area (Å²) in [5.74, 6) is -0.120. The predicted octanol–water partition coefficient (Wildman–Crippen LogP) is 4.82. The largest absolute Gasteiger partial charge is 0.313 e. The smallest absolute Gasteiger partial charge is 0.258 e. The Morgan fingerprint density at radius 2 is 1.78 bits per heavy atom. The quantitative estimate of drug-likeness (QED) is 0.338. The van der Waals surface area contributed by atoms with Gasteiger partial charge in [-0.2, -0.15) is 0 Å². The molecule has 2 heterocycles. The number of carbonyl (C=O) groups is 1. The molecule has 6 rings (SSSR count). The van der Waals surface area contributed by atoms with Crippen LogP contribution in [0, 0.1) is 0 Å². The van der Waals surface area contributed by atoms with E-state index in [0.717, 1.165) is 40.7 Å². The second-order valence-corrected chi connectivity index (χ2v) is 9.83. The van der Waals surface area contributed by atoms with Crippen LogP contribution in [0.2, 0.25) is 10.0 Å². The summed E-state index contributed by atoms with van der Waals surface area (Å²) in [6, 6.07) is 17.5. The van der Waals surface area contributed by atoms with Crippen molar-refractivity contribution in [2.75, 3.05) is 5.32 Å². The SMILES string of the molecule is Cn1/c(=N\c2ccc3c(c2)CCC3)n(Cc2ccc(C(=O)Nc3nnn[nH]3)cc2)c2cc(Cl)c(Cl)cc21. The first-order valence-corrected chi connectivity index (χ1v) is 12.6. The number of hydrogen-bond donors (Lipinski definition) is 2. The van der Waals surface area contributed by atoms with Gasteiger partial charge >= 0.3 is 0 Å². The molecule has 0 saturated carbocycles. The molecular formula is C26H22Cl2N8O. The zero-order valence-electron chi connectivity index (χ0n) is 19.9. The molecule has 0 bridgehead atoms. The summed E-state index contributed by atoms with van der Waals surface area (Å²) >= 11 is 12.8. The van der Waals surface area contributed by atoms with Crippen LogP contribution in [0.15, 0.2) is 59.6 Å². The van der Waals surface area contributed by atoms with E-state index in [1.165, 1.54) is 17.5 Å². The molecule has 3 aromatic carbocycles. The van der Waals surface area contributed by atoms with Gasteiger partial charge in [0.1, 0.15) is 0 Å². The van der Waals surface area contributed by atoms with Gasteiger partial charge in [-0.1, -0.05) is 46.5 Å². The Labute approximate surface area is 221 Å². The molecule has 1 aliphatic rings. The molecule has 0 spiro atoms. The predicted molar refractivity (Wildman–Crippen MR) is 142 cm³/mol. The maximum atomic E-state index is 12.5. The summed E-state index contributed by atoms with van der Waals surface area (Å²) in [6.45, 7) is 0.521. The third-order valence-electron chi connectivity index (χ3n) is 6.66. The number of H-pyrrole nitrogens is 1. The molecule has 0 unspecified atom stereocenters. The summed E-state index contributed by atoms with van der Waals surface area (Å²) in [6.07, 6.45) is 3.41. The average molecular weight is 533 g/mol. The number of aromatic amines is 1. The molecule has 37 heavy (non-hydrogen) atoms. The first-order chi connectivity index (χ1) is 18.0. The van der Waals surface area contributed by atoms with Gasteiger partial charge in [-0.25, -0.2) is 10.1 Å². The highest BCUT2D eigenvalue weighted by molar-refractivity contribution is 6.42. The number of hydrogen-bond acceptors (Lipinski definition) is 5. The topological polar surface area (TPSA) is 106 Å². The van der Waals surface area contributed by atoms with Gasteiger partial charge in [-0.3, -0.25) is 10.1 Å². The van der Waals surface area contributed by atoms with Gasteiger partial charge in [-0.15, -0.1) is 0 Å². The normalized spacial score (nSPS) is 13.3. The van der Waals surface area contributed by atoms with E-state index in [2.05, 4.69) is 48.7 Å². The van der Waals surface area contributed by atoms with E-state index in [-0.39, 0.29) is 11.9 Å². The van der Waals surface area contributed by atoms with E-state index in [9.17, 15) is 4.79 Å². The Kier molecular flexibility index (Phi) is 6.02. The molecule has 0 saturated heterocycles. The van der Waals surface area contributed by atoms with Crippen molar-refractivity contribution in [1.82, 2.24) is 29.8 Å². The number of tetrazole rings is 1. The number of rotatable bonds is 5. The van der Waals surface area contributed by atoms with Crippen molar-refractivity contribution in [3.63, 3.8) is 0 Å². The van der Waals surface area contributed by atoms with Crippen molar-refractivity contribution in [2.24, 2.45) is 12.0 Å². The molecule has 11 heteroatoms. The fourth-order valence-electron chi connectivity index (χ4n) is 4.78. The highest BCUT2D eigenvalue weighted by Gasteiger charge is 2.15. The van der Waals surface area contributed by atoms with Gasteiger partial charge in [0.25, 0.3) is 5.91 Å². The van der Waals surface area contributed by atoms with Gasteiger partial charge in [0.2, 0.25) is 11.6 Å². The van der Waals surface area contributed by atoms with Gasteiger partial charge in [0.05, 0.1) is 33.3 Å². The van der Waals surface area contributed by atoms with E-state index < -0.39 is 0 Å². The van der Waals surface area contributed by atoms with Gasteiger partial charge in [0.15, 0.2) is 0 Å². The lowest BCUT2D eigenvalue weighted by molar-refractivity contribution is 0.102. The number of nitrogens with one attached hydrogen (secondary N) is 2. The maximum Gasteiger partial charge on any atom is 0.258 e. The standard InChI is InChI=1S/C26H22Cl2N8O/c1-35-22-12-20(27)21(28)13-23(22)36(26(35)29-19-10-9-16-3-2-4-18(16)11-19)14-15-5-7-17(8-6-15)24(37)30-25-31-33-34-32-25/h5-13H,2-4,14H2,1H3,(H2,30,31,32,33,34,37)/b29-26+. The summed E-state index contributed by atoms with van der Waals surface area (Å²) in [4.78, 5) is 17.5. The molecule has 9 nitrogen and oxygen atoms in total. The number of benzene rings is 3. The van der Waals surface area contributed by atoms with Crippen molar-refractivity contribution in [2.45, 2.75) is 25.8 Å². The van der Waals surface area contributed by atoms with Crippen LogP contribution in [0.1, 0.15) is 33.5 Å². The number of fused-ring (bicyclic) bond motifs is 2. The van der Waals surface area contributed by atoms with Crippen molar-refractivity contribution < 1.29 is 4.79 Å². The Hall–Kier alpha value is -3.95. The molecule has 5 aromatic rings. The second-order valence-electron chi connectivity index (χ2n) is 9.02. The summed E-state index contributed by atoms with van der Waals surface area (Å²) < 4.78 is 4.14. The lowest BCUT2D eigenvalue weighted by atomic mass is 10.1. The number of anilines is 1. The molecule has 0 aliphatic heterocycles. The summed E-state index contributed by atoms with van der Waals surface area (Å²) in [7, 11) is 1.97. The highest BCUT2D eigenvalue weighted by Crippen LogP contribution is 2.29. The number of amides is 1. The summed E-state index contributed by atoms with van der Waals surface area (Å²) in [5.41, 5.74) is 7.77. The van der Waals surface area contributed by atoms with Crippen LogP contribution in [0.3, 0.4) is 0 Å². The minimum absolute atomic E-state index is 0.189. The number of carbonyl (C=O) groups excluding carboxylic acids is 1. The third kappa shape index (κ3) is 4.52.